The van der Waals surface area contributed by atoms with Crippen LogP contribution in [0.2, 0.25) is 0 Å². The summed E-state index contributed by atoms with van der Waals surface area (Å²) in [5.74, 6) is -3.70. The maximum Gasteiger partial charge on any atom is 0.419 e. The van der Waals surface area contributed by atoms with E-state index in [2.05, 4.69) is 18.5 Å². The molecule has 2 aromatic carbocycles. The highest BCUT2D eigenvalue weighted by Crippen LogP contribution is 2.40. The van der Waals surface area contributed by atoms with Crippen molar-refractivity contribution < 1.29 is 44.5 Å². The number of hydrogen-bond donors (Lipinski definition) is 1. The molecule has 0 saturated carbocycles. The molecular formula is C32H39F4NO6S. The Bertz CT molecular complexity index is 1470. The summed E-state index contributed by atoms with van der Waals surface area (Å²) in [6.45, 7) is 12.2. The predicted octanol–water partition coefficient (Wildman–Crippen LogP) is 7.06. The molecule has 0 spiro atoms. The Morgan fingerprint density at radius 2 is 1.75 bits per heavy atom. The number of benzene rings is 2. The van der Waals surface area contributed by atoms with Crippen LogP contribution in [0.3, 0.4) is 0 Å². The lowest BCUT2D eigenvalue weighted by Crippen LogP contribution is -2.40. The van der Waals surface area contributed by atoms with E-state index in [0.29, 0.717) is 23.8 Å². The van der Waals surface area contributed by atoms with Crippen LogP contribution in [0.4, 0.5) is 17.6 Å². The molecule has 12 heteroatoms. The van der Waals surface area contributed by atoms with Gasteiger partial charge in [0, 0.05) is 12.0 Å². The van der Waals surface area contributed by atoms with Crippen LogP contribution in [0.5, 0.6) is 0 Å². The van der Waals surface area contributed by atoms with Gasteiger partial charge >= 0.3 is 12.1 Å². The van der Waals surface area contributed by atoms with Crippen LogP contribution >= 0.6 is 0 Å². The largest absolute Gasteiger partial charge is 0.466 e. The topological polar surface area (TPSA) is 98.8 Å². The zero-order chi connectivity index (χ0) is 33.2. The fourth-order valence-corrected chi connectivity index (χ4v) is 5.55. The van der Waals surface area contributed by atoms with Crippen molar-refractivity contribution in [1.82, 2.24) is 5.32 Å². The van der Waals surface area contributed by atoms with Gasteiger partial charge in [-0.3, -0.25) is 13.8 Å². The van der Waals surface area contributed by atoms with E-state index < -0.39 is 63.7 Å². The number of aryl methyl sites for hydroxylation is 3. The number of halogens is 4. The SMILES string of the molecule is C=CCCCCc1cc(C)cc(C)c1-c1cc([C@H](CC(=O)OCC)NC(=O)[C@@H](CC=C)OS(C)(=O)=O)c(F)c(C(F)(F)F)c1. The van der Waals surface area contributed by atoms with E-state index in [-0.39, 0.29) is 18.6 Å². The number of carbonyl (C=O) groups is 2. The Hall–Kier alpha value is -3.51. The van der Waals surface area contributed by atoms with Crippen molar-refractivity contribution in [2.45, 2.75) is 77.6 Å². The molecule has 2 rings (SSSR count). The zero-order valence-electron chi connectivity index (χ0n) is 25.4. The third kappa shape index (κ3) is 10.6. The molecule has 0 bridgehead atoms. The smallest absolute Gasteiger partial charge is 0.419 e. The Morgan fingerprint density at radius 1 is 1.07 bits per heavy atom. The minimum atomic E-state index is -5.12. The number of alkyl halides is 3. The number of unbranched alkanes of at least 4 members (excludes halogenated alkanes) is 2. The third-order valence-corrected chi connectivity index (χ3v) is 7.27. The Kier molecular flexibility index (Phi) is 13.3. The third-order valence-electron chi connectivity index (χ3n) is 6.69. The summed E-state index contributed by atoms with van der Waals surface area (Å²) in [5.41, 5.74) is 0.639. The van der Waals surface area contributed by atoms with Crippen molar-refractivity contribution in [3.05, 3.63) is 83.2 Å². The van der Waals surface area contributed by atoms with E-state index in [0.717, 1.165) is 36.5 Å². The van der Waals surface area contributed by atoms with Gasteiger partial charge in [0.15, 0.2) is 6.10 Å². The first-order valence-corrected chi connectivity index (χ1v) is 15.9. The zero-order valence-corrected chi connectivity index (χ0v) is 26.2. The Balaban J connectivity index is 2.80. The quantitative estimate of drug-likeness (QED) is 0.0693. The number of hydrogen-bond acceptors (Lipinski definition) is 6. The average Bonchev–Trinajstić information content (AvgIpc) is 2.89. The molecule has 0 aromatic heterocycles. The normalized spacial score (nSPS) is 13.2. The van der Waals surface area contributed by atoms with Crippen molar-refractivity contribution in [2.75, 3.05) is 12.9 Å². The van der Waals surface area contributed by atoms with E-state index in [9.17, 15) is 31.2 Å². The fourth-order valence-electron chi connectivity index (χ4n) is 4.96. The van der Waals surface area contributed by atoms with Crippen molar-refractivity contribution in [2.24, 2.45) is 0 Å². The van der Waals surface area contributed by atoms with E-state index in [4.69, 9.17) is 8.92 Å². The number of allylic oxidation sites excluding steroid dienone is 1. The van der Waals surface area contributed by atoms with Gasteiger partial charge in [0.1, 0.15) is 5.82 Å². The molecule has 242 valence electrons. The van der Waals surface area contributed by atoms with Crippen LogP contribution in [0.1, 0.15) is 72.9 Å². The second-order valence-corrected chi connectivity index (χ2v) is 12.1. The van der Waals surface area contributed by atoms with E-state index >= 15 is 4.39 Å². The summed E-state index contributed by atoms with van der Waals surface area (Å²) in [7, 11) is -4.15. The molecule has 0 saturated heterocycles. The number of esters is 1. The molecule has 0 unspecified atom stereocenters. The van der Waals surface area contributed by atoms with Gasteiger partial charge < -0.3 is 10.1 Å². The fraction of sp³-hybridized carbons (Fsp3) is 0.438. The molecule has 2 aromatic rings. The van der Waals surface area contributed by atoms with Crippen LogP contribution in [0, 0.1) is 19.7 Å². The maximum atomic E-state index is 15.8. The summed E-state index contributed by atoms with van der Waals surface area (Å²) in [5, 5.41) is 2.32. The number of carbonyl (C=O) groups excluding carboxylic acids is 2. The lowest BCUT2D eigenvalue weighted by Gasteiger charge is -2.25. The van der Waals surface area contributed by atoms with Gasteiger partial charge in [-0.05, 0) is 80.8 Å². The molecule has 0 aliphatic rings. The average molecular weight is 642 g/mol. The molecule has 0 aliphatic carbocycles. The van der Waals surface area contributed by atoms with E-state index in [1.165, 1.54) is 19.1 Å². The summed E-state index contributed by atoms with van der Waals surface area (Å²) in [6, 6.07) is 3.91. The molecule has 0 fully saturated rings. The molecule has 0 heterocycles. The number of nitrogens with one attached hydrogen (secondary N) is 1. The minimum Gasteiger partial charge on any atom is -0.466 e. The molecule has 2 atom stereocenters. The number of ether oxygens (including phenoxy) is 1. The van der Waals surface area contributed by atoms with Crippen molar-refractivity contribution in [3.63, 3.8) is 0 Å². The molecule has 0 radical (unpaired) electrons. The van der Waals surface area contributed by atoms with Crippen LogP contribution in [0.25, 0.3) is 11.1 Å². The van der Waals surface area contributed by atoms with Crippen LogP contribution in [-0.2, 0) is 41.2 Å². The second kappa shape index (κ2) is 16.0. The van der Waals surface area contributed by atoms with Crippen molar-refractivity contribution >= 4 is 22.0 Å². The monoisotopic (exact) mass is 641 g/mol. The van der Waals surface area contributed by atoms with Gasteiger partial charge in [-0.25, -0.2) is 4.39 Å². The number of amides is 1. The Labute approximate surface area is 256 Å². The van der Waals surface area contributed by atoms with Crippen LogP contribution in [-0.4, -0.2) is 39.3 Å². The summed E-state index contributed by atoms with van der Waals surface area (Å²) < 4.78 is 91.9. The van der Waals surface area contributed by atoms with Gasteiger partial charge in [0.2, 0.25) is 0 Å². The van der Waals surface area contributed by atoms with Gasteiger partial charge in [-0.1, -0.05) is 29.8 Å². The number of rotatable bonds is 16. The van der Waals surface area contributed by atoms with E-state index in [1.807, 2.05) is 13.0 Å². The molecule has 44 heavy (non-hydrogen) atoms. The van der Waals surface area contributed by atoms with Crippen LogP contribution in [0.15, 0.2) is 49.6 Å². The summed E-state index contributed by atoms with van der Waals surface area (Å²) >= 11 is 0. The molecule has 0 aliphatic heterocycles. The molecular weight excluding hydrogens is 602 g/mol. The first-order chi connectivity index (χ1) is 20.5. The first kappa shape index (κ1) is 36.7. The molecule has 7 nitrogen and oxygen atoms in total. The molecule has 1 amide bonds. The van der Waals surface area contributed by atoms with Gasteiger partial charge in [-0.15, -0.1) is 13.2 Å². The van der Waals surface area contributed by atoms with Crippen molar-refractivity contribution in [3.8, 4) is 11.1 Å². The van der Waals surface area contributed by atoms with Gasteiger partial charge in [-0.2, -0.15) is 21.6 Å². The van der Waals surface area contributed by atoms with Crippen molar-refractivity contribution in [1.29, 1.82) is 0 Å². The second-order valence-electron chi connectivity index (χ2n) is 10.5. The first-order valence-electron chi connectivity index (χ1n) is 14.1. The highest BCUT2D eigenvalue weighted by molar-refractivity contribution is 7.86. The lowest BCUT2D eigenvalue weighted by atomic mass is 9.87. The summed E-state index contributed by atoms with van der Waals surface area (Å²) in [6.07, 6.45) is -1.27. The highest BCUT2D eigenvalue weighted by atomic mass is 32.2. The van der Waals surface area contributed by atoms with E-state index in [1.54, 1.807) is 19.1 Å². The lowest BCUT2D eigenvalue weighted by molar-refractivity contribution is -0.144. The summed E-state index contributed by atoms with van der Waals surface area (Å²) in [4.78, 5) is 25.7. The highest BCUT2D eigenvalue weighted by Gasteiger charge is 2.38. The Morgan fingerprint density at radius 3 is 2.32 bits per heavy atom. The van der Waals surface area contributed by atoms with Crippen LogP contribution < -0.4 is 5.32 Å². The standard InChI is InChI=1S/C32H39F4NO6S/c1-7-10-11-12-14-22-16-20(4)15-21(5)29(22)23-17-24(30(33)25(18-23)32(34,35)36)26(19-28(38)42-9-3)37-31(39)27(13-8-2)43-44(6,40)41/h7-8,15-18,26-27H,1-2,9-14,19H2,3-6H3,(H,37,39)/t26-,27+/m0/s1. The maximum absolute atomic E-state index is 15.8. The predicted molar refractivity (Wildman–Crippen MR) is 161 cm³/mol. The van der Waals surface area contributed by atoms with Gasteiger partial charge in [0.05, 0.1) is 30.9 Å². The molecule has 1 N–H and O–H groups in total. The minimum absolute atomic E-state index is 0.0445. The van der Waals surface area contributed by atoms with Gasteiger partial charge in [0.25, 0.3) is 16.0 Å².